The van der Waals surface area contributed by atoms with Crippen LogP contribution in [0.1, 0.15) is 25.6 Å². The molecule has 0 radical (unpaired) electrons. The molecule has 2 rings (SSSR count). The molecule has 0 aliphatic carbocycles. The molecule has 1 aliphatic rings. The molecule has 29 heavy (non-hydrogen) atoms. The maximum atomic E-state index is 11.5. The lowest BCUT2D eigenvalue weighted by Gasteiger charge is -2.34. The fourth-order valence-corrected chi connectivity index (χ4v) is 2.86. The van der Waals surface area contributed by atoms with Crippen molar-refractivity contribution in [1.82, 2.24) is 19.9 Å². The summed E-state index contributed by atoms with van der Waals surface area (Å²) in [7, 11) is 0. The fraction of sp³-hybridized carbons (Fsp3) is 0.688. The number of carboxylic acid groups (broad SMARTS) is 1. The summed E-state index contributed by atoms with van der Waals surface area (Å²) in [4.78, 5) is 38.8. The van der Waals surface area contributed by atoms with Crippen LogP contribution >= 0.6 is 34.8 Å². The molecule has 2 heterocycles. The molecule has 0 bridgehead atoms. The molecule has 1 aromatic heterocycles. The Kier molecular flexibility index (Phi) is 8.94. The number of esters is 1. The van der Waals surface area contributed by atoms with E-state index in [9.17, 15) is 9.59 Å². The van der Waals surface area contributed by atoms with Crippen LogP contribution in [-0.4, -0.2) is 82.8 Å². The summed E-state index contributed by atoms with van der Waals surface area (Å²) in [6.07, 6.45) is -0.351. The molecule has 0 aromatic carbocycles. The molecule has 0 saturated carbocycles. The van der Waals surface area contributed by atoms with Gasteiger partial charge in [0.1, 0.15) is 6.61 Å². The summed E-state index contributed by atoms with van der Waals surface area (Å²) in [5.41, 5.74) is 0. The van der Waals surface area contributed by atoms with Gasteiger partial charge in [-0.2, -0.15) is 15.0 Å². The van der Waals surface area contributed by atoms with Gasteiger partial charge in [0.15, 0.2) is 5.82 Å². The number of halogens is 3. The van der Waals surface area contributed by atoms with E-state index in [2.05, 4.69) is 25.2 Å². The van der Waals surface area contributed by atoms with Gasteiger partial charge >= 0.3 is 11.9 Å². The quantitative estimate of drug-likeness (QED) is 0.408. The van der Waals surface area contributed by atoms with E-state index in [1.807, 2.05) is 11.8 Å². The van der Waals surface area contributed by atoms with Crippen molar-refractivity contribution in [2.75, 3.05) is 56.1 Å². The third-order valence-corrected chi connectivity index (χ3v) is 4.59. The van der Waals surface area contributed by atoms with Gasteiger partial charge in [0.2, 0.25) is 15.7 Å². The van der Waals surface area contributed by atoms with Gasteiger partial charge in [0.05, 0.1) is 12.8 Å². The topological polar surface area (TPSA) is 121 Å². The normalized spacial score (nSPS) is 15.2. The third kappa shape index (κ3) is 7.96. The molecular weight excluding hydrogens is 447 g/mol. The largest absolute Gasteiger partial charge is 0.481 e. The number of piperazine rings is 1. The summed E-state index contributed by atoms with van der Waals surface area (Å²) in [6, 6.07) is 0. The Morgan fingerprint density at radius 3 is 2.41 bits per heavy atom. The van der Waals surface area contributed by atoms with Gasteiger partial charge in [-0.25, -0.2) is 0 Å². The average Bonchev–Trinajstić information content (AvgIpc) is 2.66. The number of carboxylic acids is 1. The van der Waals surface area contributed by atoms with E-state index < -0.39 is 15.7 Å². The number of aromatic nitrogens is 3. The minimum Gasteiger partial charge on any atom is -0.481 e. The number of nitrogens with one attached hydrogen (secondary N) is 1. The minimum atomic E-state index is -1.76. The first-order chi connectivity index (χ1) is 13.7. The van der Waals surface area contributed by atoms with Crippen LogP contribution in [0.25, 0.3) is 0 Å². The molecule has 13 heteroatoms. The highest BCUT2D eigenvalue weighted by molar-refractivity contribution is 6.66. The van der Waals surface area contributed by atoms with E-state index >= 15 is 0 Å². The highest BCUT2D eigenvalue weighted by Crippen LogP contribution is 2.36. The number of nitrogens with zero attached hydrogens (tertiary/aromatic N) is 5. The molecule has 0 spiro atoms. The average molecular weight is 470 g/mol. The number of alkyl halides is 3. The first-order valence-electron chi connectivity index (χ1n) is 9.11. The molecule has 1 saturated heterocycles. The van der Waals surface area contributed by atoms with E-state index in [0.29, 0.717) is 51.2 Å². The number of carbonyl (C=O) groups is 2. The second-order valence-corrected chi connectivity index (χ2v) is 8.53. The van der Waals surface area contributed by atoms with E-state index in [4.69, 9.17) is 44.6 Å². The second-order valence-electron chi connectivity index (χ2n) is 6.25. The fourth-order valence-electron chi connectivity index (χ4n) is 2.61. The maximum absolute atomic E-state index is 11.5. The van der Waals surface area contributed by atoms with Gasteiger partial charge in [-0.15, -0.1) is 0 Å². The molecule has 1 fully saturated rings. The van der Waals surface area contributed by atoms with Crippen molar-refractivity contribution in [3.05, 3.63) is 5.82 Å². The molecule has 1 aliphatic heterocycles. The summed E-state index contributed by atoms with van der Waals surface area (Å²) >= 11 is 17.8. The minimum absolute atomic E-state index is 0.0548. The van der Waals surface area contributed by atoms with Crippen molar-refractivity contribution in [2.24, 2.45) is 0 Å². The number of rotatable bonds is 9. The predicted molar refractivity (Wildman–Crippen MR) is 110 cm³/mol. The number of aliphatic carboxylic acids is 1. The van der Waals surface area contributed by atoms with Gasteiger partial charge in [-0.05, 0) is 6.92 Å². The Bertz CT molecular complexity index is 710. The molecule has 2 N–H and O–H groups in total. The zero-order chi connectivity index (χ0) is 21.4. The van der Waals surface area contributed by atoms with Crippen LogP contribution in [0.2, 0.25) is 0 Å². The van der Waals surface area contributed by atoms with Crippen LogP contribution in [0.5, 0.6) is 0 Å². The van der Waals surface area contributed by atoms with Gasteiger partial charge in [0, 0.05) is 39.3 Å². The Labute approximate surface area is 183 Å². The second kappa shape index (κ2) is 11.0. The molecule has 0 atom stereocenters. The summed E-state index contributed by atoms with van der Waals surface area (Å²) in [6.45, 7) is 5.99. The lowest BCUT2D eigenvalue weighted by molar-refractivity contribution is -0.148. The third-order valence-electron chi connectivity index (χ3n) is 4.08. The van der Waals surface area contributed by atoms with Crippen molar-refractivity contribution in [3.63, 3.8) is 0 Å². The summed E-state index contributed by atoms with van der Waals surface area (Å²) in [5, 5.41) is 11.6. The molecule has 1 aromatic rings. The van der Waals surface area contributed by atoms with Crippen molar-refractivity contribution >= 4 is 58.6 Å². The lowest BCUT2D eigenvalue weighted by Crippen LogP contribution is -2.48. The van der Waals surface area contributed by atoms with Crippen molar-refractivity contribution in [2.45, 2.75) is 23.6 Å². The van der Waals surface area contributed by atoms with Gasteiger partial charge in [0.25, 0.3) is 0 Å². The molecular formula is C16H23Cl3N6O4. The van der Waals surface area contributed by atoms with Gasteiger partial charge < -0.3 is 20.1 Å². The highest BCUT2D eigenvalue weighted by Gasteiger charge is 2.30. The molecule has 0 unspecified atom stereocenters. The lowest BCUT2D eigenvalue weighted by atomic mass is 10.3. The van der Waals surface area contributed by atoms with Crippen molar-refractivity contribution in [3.8, 4) is 0 Å². The highest BCUT2D eigenvalue weighted by atomic mass is 35.6. The SMILES string of the molecule is CCNc1nc(N2CCN(CCOC(=O)CCC(=O)O)CC2)nc(C(Cl)(Cl)Cl)n1. The number of hydrogen-bond acceptors (Lipinski definition) is 9. The van der Waals surface area contributed by atoms with Crippen LogP contribution in [0, 0.1) is 0 Å². The summed E-state index contributed by atoms with van der Waals surface area (Å²) < 4.78 is 3.30. The molecule has 162 valence electrons. The van der Waals surface area contributed by atoms with E-state index in [1.165, 1.54) is 0 Å². The first kappa shape index (κ1) is 23.7. The zero-order valence-electron chi connectivity index (χ0n) is 15.9. The summed E-state index contributed by atoms with van der Waals surface area (Å²) in [5.74, 6) is -0.705. The molecule has 10 nitrogen and oxygen atoms in total. The standard InChI is InChI=1S/C16H23Cl3N6O4/c1-2-20-14-21-13(16(17,18)19)22-15(23-14)25-7-5-24(6-8-25)9-10-29-12(28)4-3-11(26)27/h2-10H2,1H3,(H,26,27)(H,20,21,22,23). The van der Waals surface area contributed by atoms with E-state index in [0.717, 1.165) is 0 Å². The van der Waals surface area contributed by atoms with Crippen LogP contribution in [0.4, 0.5) is 11.9 Å². The number of hydrogen-bond donors (Lipinski definition) is 2. The Balaban J connectivity index is 1.86. The van der Waals surface area contributed by atoms with Crippen LogP contribution < -0.4 is 10.2 Å². The smallest absolute Gasteiger partial charge is 0.306 e. The Morgan fingerprint density at radius 1 is 1.14 bits per heavy atom. The van der Waals surface area contributed by atoms with Gasteiger partial charge in [-0.1, -0.05) is 34.8 Å². The molecule has 0 amide bonds. The van der Waals surface area contributed by atoms with Crippen LogP contribution in [0.3, 0.4) is 0 Å². The maximum Gasteiger partial charge on any atom is 0.306 e. The number of anilines is 2. The first-order valence-corrected chi connectivity index (χ1v) is 10.2. The monoisotopic (exact) mass is 468 g/mol. The van der Waals surface area contributed by atoms with Crippen LogP contribution in [0.15, 0.2) is 0 Å². The van der Waals surface area contributed by atoms with E-state index in [1.54, 1.807) is 0 Å². The zero-order valence-corrected chi connectivity index (χ0v) is 18.2. The number of ether oxygens (including phenoxy) is 1. The predicted octanol–water partition coefficient (Wildman–Crippen LogP) is 1.66. The Morgan fingerprint density at radius 2 is 1.83 bits per heavy atom. The Hall–Kier alpha value is -1.62. The van der Waals surface area contributed by atoms with E-state index in [-0.39, 0.29) is 25.3 Å². The van der Waals surface area contributed by atoms with Crippen LogP contribution in [-0.2, 0) is 18.1 Å². The number of carbonyl (C=O) groups excluding carboxylic acids is 1. The van der Waals surface area contributed by atoms with Gasteiger partial charge in [-0.3, -0.25) is 14.5 Å². The van der Waals surface area contributed by atoms with Crippen molar-refractivity contribution in [1.29, 1.82) is 0 Å². The van der Waals surface area contributed by atoms with Crippen molar-refractivity contribution < 1.29 is 19.4 Å².